The highest BCUT2D eigenvalue weighted by molar-refractivity contribution is 5.42. The minimum absolute atomic E-state index is 0.0912. The zero-order valence-corrected chi connectivity index (χ0v) is 8.17. The van der Waals surface area contributed by atoms with Crippen LogP contribution in [0.2, 0.25) is 0 Å². The highest BCUT2D eigenvalue weighted by atomic mass is 16.6. The van der Waals surface area contributed by atoms with Crippen molar-refractivity contribution >= 4 is 5.69 Å². The van der Waals surface area contributed by atoms with Crippen LogP contribution in [0.15, 0.2) is 12.3 Å². The lowest BCUT2D eigenvalue weighted by atomic mass is 10.4. The summed E-state index contributed by atoms with van der Waals surface area (Å²) in [4.78, 5) is 13.8. The van der Waals surface area contributed by atoms with Crippen LogP contribution in [-0.4, -0.2) is 23.1 Å². The van der Waals surface area contributed by atoms with Crippen LogP contribution >= 0.6 is 0 Å². The van der Waals surface area contributed by atoms with Gasteiger partial charge in [0.05, 0.1) is 24.2 Å². The number of hydrogen-bond donors (Lipinski definition) is 0. The zero-order valence-electron chi connectivity index (χ0n) is 8.17. The van der Waals surface area contributed by atoms with E-state index in [1.54, 1.807) is 0 Å². The molecule has 0 atom stereocenters. The van der Waals surface area contributed by atoms with Gasteiger partial charge in [-0.1, -0.05) is 0 Å². The molecule has 1 heterocycles. The number of aromatic nitrogens is 1. The smallest absolute Gasteiger partial charge is 0.291 e. The average Bonchev–Trinajstić information content (AvgIpc) is 3.01. The normalized spacial score (nSPS) is 14.7. The molecule has 1 aliphatic carbocycles. The first-order chi connectivity index (χ1) is 7.20. The van der Waals surface area contributed by atoms with E-state index in [4.69, 9.17) is 9.47 Å². The molecule has 2 rings (SSSR count). The summed E-state index contributed by atoms with van der Waals surface area (Å²) in [6.45, 7) is 0. The fourth-order valence-corrected chi connectivity index (χ4v) is 1.12. The molecule has 1 aliphatic rings. The predicted molar refractivity (Wildman–Crippen MR) is 51.1 cm³/mol. The summed E-state index contributed by atoms with van der Waals surface area (Å²) in [7, 11) is 1.45. The number of hydrogen-bond acceptors (Lipinski definition) is 5. The van der Waals surface area contributed by atoms with Gasteiger partial charge in [0.2, 0.25) is 0 Å². The van der Waals surface area contributed by atoms with Crippen LogP contribution in [0.5, 0.6) is 11.6 Å². The van der Waals surface area contributed by atoms with Gasteiger partial charge >= 0.3 is 0 Å². The topological polar surface area (TPSA) is 74.5 Å². The van der Waals surface area contributed by atoms with Crippen molar-refractivity contribution in [3.63, 3.8) is 0 Å². The first-order valence-corrected chi connectivity index (χ1v) is 4.56. The summed E-state index contributed by atoms with van der Waals surface area (Å²) in [5.74, 6) is 0.627. The summed E-state index contributed by atoms with van der Waals surface area (Å²) in [6.07, 6.45) is 3.26. The molecule has 0 N–H and O–H groups in total. The van der Waals surface area contributed by atoms with Crippen molar-refractivity contribution in [1.29, 1.82) is 0 Å². The van der Waals surface area contributed by atoms with Crippen molar-refractivity contribution in [3.05, 3.63) is 22.4 Å². The molecule has 1 fully saturated rings. The summed E-state index contributed by atoms with van der Waals surface area (Å²) in [5, 5.41) is 10.5. The van der Waals surface area contributed by atoms with Gasteiger partial charge in [0.15, 0.2) is 5.75 Å². The number of nitro groups is 1. The number of methoxy groups -OCH3 is 1. The van der Waals surface area contributed by atoms with Crippen molar-refractivity contribution in [3.8, 4) is 11.6 Å². The third kappa shape index (κ3) is 2.15. The van der Waals surface area contributed by atoms with Crippen molar-refractivity contribution in [2.24, 2.45) is 0 Å². The quantitative estimate of drug-likeness (QED) is 0.556. The van der Waals surface area contributed by atoms with Gasteiger partial charge in [0.25, 0.3) is 11.6 Å². The molecule has 0 bridgehead atoms. The van der Waals surface area contributed by atoms with E-state index >= 15 is 0 Å². The molecule has 1 saturated carbocycles. The minimum Gasteiger partial charge on any atom is -0.485 e. The van der Waals surface area contributed by atoms with Crippen molar-refractivity contribution < 1.29 is 14.4 Å². The lowest BCUT2D eigenvalue weighted by Gasteiger charge is -2.07. The molecule has 6 heteroatoms. The molecular weight excluding hydrogens is 200 g/mol. The number of ether oxygens (including phenoxy) is 2. The Balaban J connectivity index is 2.28. The Labute approximate surface area is 86.0 Å². The Bertz CT molecular complexity index is 390. The van der Waals surface area contributed by atoms with E-state index in [2.05, 4.69) is 4.98 Å². The third-order valence-corrected chi connectivity index (χ3v) is 2.03. The van der Waals surface area contributed by atoms with Crippen molar-refractivity contribution in [2.45, 2.75) is 18.9 Å². The van der Waals surface area contributed by atoms with E-state index in [1.807, 2.05) is 0 Å². The second-order valence-electron chi connectivity index (χ2n) is 3.28. The number of pyridine rings is 1. The van der Waals surface area contributed by atoms with Crippen molar-refractivity contribution in [2.75, 3.05) is 7.11 Å². The van der Waals surface area contributed by atoms with E-state index < -0.39 is 4.92 Å². The molecule has 6 nitrogen and oxygen atoms in total. The molecule has 0 unspecified atom stereocenters. The van der Waals surface area contributed by atoms with Crippen LogP contribution in [0.1, 0.15) is 12.8 Å². The maximum atomic E-state index is 10.5. The molecule has 0 amide bonds. The van der Waals surface area contributed by atoms with Gasteiger partial charge in [-0.15, -0.1) is 0 Å². The third-order valence-electron chi connectivity index (χ3n) is 2.03. The van der Waals surface area contributed by atoms with E-state index in [9.17, 15) is 10.1 Å². The molecule has 0 aliphatic heterocycles. The van der Waals surface area contributed by atoms with Gasteiger partial charge in [0.1, 0.15) is 6.20 Å². The van der Waals surface area contributed by atoms with Crippen LogP contribution in [0, 0.1) is 10.1 Å². The summed E-state index contributed by atoms with van der Waals surface area (Å²) < 4.78 is 10.4. The standard InChI is InChI=1S/C9H10N2O4/c1-14-9-8(15-7-2-3-7)4-6(5-10-9)11(12)13/h4-5,7H,2-3H2,1H3. The summed E-state index contributed by atoms with van der Waals surface area (Å²) >= 11 is 0. The van der Waals surface area contributed by atoms with Crippen LogP contribution in [-0.2, 0) is 0 Å². The fraction of sp³-hybridized carbons (Fsp3) is 0.444. The zero-order chi connectivity index (χ0) is 10.8. The summed E-state index contributed by atoms with van der Waals surface area (Å²) in [5.41, 5.74) is -0.0912. The highest BCUT2D eigenvalue weighted by Crippen LogP contribution is 2.34. The van der Waals surface area contributed by atoms with Gasteiger partial charge in [-0.3, -0.25) is 10.1 Å². The molecule has 0 saturated heterocycles. The van der Waals surface area contributed by atoms with Gasteiger partial charge in [0, 0.05) is 0 Å². The van der Waals surface area contributed by atoms with E-state index in [0.717, 1.165) is 19.0 Å². The van der Waals surface area contributed by atoms with Crippen LogP contribution in [0.25, 0.3) is 0 Å². The minimum atomic E-state index is -0.508. The average molecular weight is 210 g/mol. The molecule has 0 spiro atoms. The van der Waals surface area contributed by atoms with Gasteiger partial charge in [-0.25, -0.2) is 4.98 Å². The van der Waals surface area contributed by atoms with Gasteiger partial charge in [-0.2, -0.15) is 0 Å². The lowest BCUT2D eigenvalue weighted by molar-refractivity contribution is -0.385. The van der Waals surface area contributed by atoms with Gasteiger partial charge < -0.3 is 9.47 Å². The Morgan fingerprint density at radius 3 is 2.87 bits per heavy atom. The van der Waals surface area contributed by atoms with Crippen LogP contribution in [0.3, 0.4) is 0 Å². The molecule has 1 aromatic heterocycles. The highest BCUT2D eigenvalue weighted by Gasteiger charge is 2.26. The summed E-state index contributed by atoms with van der Waals surface area (Å²) in [6, 6.07) is 1.34. The Hall–Kier alpha value is -1.85. The number of nitrogens with zero attached hydrogens (tertiary/aromatic N) is 2. The molecule has 0 radical (unpaired) electrons. The molecule has 0 aromatic carbocycles. The fourth-order valence-electron chi connectivity index (χ4n) is 1.12. The SMILES string of the molecule is COc1ncc([N+](=O)[O-])cc1OC1CC1. The first-order valence-electron chi connectivity index (χ1n) is 4.56. The van der Waals surface area contributed by atoms with Crippen LogP contribution in [0.4, 0.5) is 5.69 Å². The largest absolute Gasteiger partial charge is 0.485 e. The number of rotatable bonds is 4. The molecule has 80 valence electrons. The monoisotopic (exact) mass is 210 g/mol. The van der Waals surface area contributed by atoms with E-state index in [0.29, 0.717) is 5.75 Å². The van der Waals surface area contributed by atoms with E-state index in [-0.39, 0.29) is 17.7 Å². The predicted octanol–water partition coefficient (Wildman–Crippen LogP) is 1.54. The second kappa shape index (κ2) is 3.72. The second-order valence-corrected chi connectivity index (χ2v) is 3.28. The Morgan fingerprint density at radius 1 is 1.60 bits per heavy atom. The van der Waals surface area contributed by atoms with E-state index in [1.165, 1.54) is 13.2 Å². The molecule has 15 heavy (non-hydrogen) atoms. The van der Waals surface area contributed by atoms with Crippen molar-refractivity contribution in [1.82, 2.24) is 4.98 Å². The van der Waals surface area contributed by atoms with Gasteiger partial charge in [-0.05, 0) is 12.8 Å². The lowest BCUT2D eigenvalue weighted by Crippen LogP contribution is -2.01. The first kappa shape index (κ1) is 9.70. The van der Waals surface area contributed by atoms with Crippen LogP contribution < -0.4 is 9.47 Å². The Morgan fingerprint density at radius 2 is 2.33 bits per heavy atom. The maximum absolute atomic E-state index is 10.5. The maximum Gasteiger partial charge on any atom is 0.291 e. The Kier molecular flexibility index (Phi) is 2.40. The molecular formula is C9H10N2O4. The molecule has 1 aromatic rings.